The van der Waals surface area contributed by atoms with Gasteiger partial charge < -0.3 is 15.9 Å². The number of amides is 1. The maximum Gasteiger partial charge on any atom is 0.231 e. The van der Waals surface area contributed by atoms with Crippen molar-refractivity contribution in [2.24, 2.45) is 5.92 Å². The zero-order valence-corrected chi connectivity index (χ0v) is 16.0. The summed E-state index contributed by atoms with van der Waals surface area (Å²) >= 11 is 1.16. The molecule has 0 bridgehead atoms. The summed E-state index contributed by atoms with van der Waals surface area (Å²) in [7, 11) is 1.59. The number of carbonyl (C=O) groups excluding carboxylic acids is 1. The first-order valence-electron chi connectivity index (χ1n) is 8.00. The van der Waals surface area contributed by atoms with Crippen LogP contribution in [0.2, 0.25) is 0 Å². The summed E-state index contributed by atoms with van der Waals surface area (Å²) in [5.41, 5.74) is -0.128. The number of ether oxygens (including phenoxy) is 1. The summed E-state index contributed by atoms with van der Waals surface area (Å²) in [5, 5.41) is 20.5. The van der Waals surface area contributed by atoms with Crippen LogP contribution in [-0.4, -0.2) is 39.2 Å². The Hall–Kier alpha value is -2.73. The Morgan fingerprint density at radius 2 is 2.08 bits per heavy atom. The lowest BCUT2D eigenvalue weighted by Crippen LogP contribution is -2.49. The molecule has 0 saturated heterocycles. The van der Waals surface area contributed by atoms with E-state index in [1.165, 1.54) is 4.68 Å². The van der Waals surface area contributed by atoms with Gasteiger partial charge in [0.1, 0.15) is 11.3 Å². The molecule has 0 radical (unpaired) electrons. The van der Waals surface area contributed by atoms with Gasteiger partial charge in [0.2, 0.25) is 11.1 Å². The highest BCUT2D eigenvalue weighted by molar-refractivity contribution is 7.99. The van der Waals surface area contributed by atoms with Crippen molar-refractivity contribution in [1.29, 1.82) is 5.26 Å². The summed E-state index contributed by atoms with van der Waals surface area (Å²) in [6.07, 6.45) is 0. The number of carbonyl (C=O) groups is 1. The van der Waals surface area contributed by atoms with Gasteiger partial charge in [0.15, 0.2) is 5.82 Å². The standard InChI is InChI=1S/C17H22N6O2S/c1-11(2)17(3,10-18)20-14(24)9-26-16-22-21-15(23(16)19)12-5-7-13(25-4)8-6-12/h5-8,11H,9,19H2,1-4H3,(H,20,24). The molecule has 0 aliphatic carbocycles. The minimum Gasteiger partial charge on any atom is -0.497 e. The number of nitrogens with two attached hydrogens (primary N) is 1. The zero-order valence-electron chi connectivity index (χ0n) is 15.2. The fourth-order valence-electron chi connectivity index (χ4n) is 2.07. The first-order chi connectivity index (χ1) is 12.3. The quantitative estimate of drug-likeness (QED) is 0.560. The van der Waals surface area contributed by atoms with Crippen molar-refractivity contribution in [2.75, 3.05) is 18.7 Å². The second kappa shape index (κ2) is 8.10. The number of nitrogens with zero attached hydrogens (tertiary/aromatic N) is 4. The van der Waals surface area contributed by atoms with Gasteiger partial charge in [-0.1, -0.05) is 25.6 Å². The molecule has 2 aromatic rings. The Labute approximate surface area is 156 Å². The minimum absolute atomic E-state index is 0.0127. The minimum atomic E-state index is -0.914. The molecule has 1 aromatic carbocycles. The molecule has 3 N–H and O–H groups in total. The van der Waals surface area contributed by atoms with Gasteiger partial charge in [-0.25, -0.2) is 4.68 Å². The molecule has 9 heteroatoms. The van der Waals surface area contributed by atoms with Crippen molar-refractivity contribution in [2.45, 2.75) is 31.5 Å². The third kappa shape index (κ3) is 4.26. The molecule has 1 heterocycles. The fourth-order valence-corrected chi connectivity index (χ4v) is 2.73. The number of rotatable bonds is 7. The predicted molar refractivity (Wildman–Crippen MR) is 99.9 cm³/mol. The molecule has 1 unspecified atom stereocenters. The molecule has 0 spiro atoms. The third-order valence-corrected chi connectivity index (χ3v) is 5.07. The smallest absolute Gasteiger partial charge is 0.231 e. The number of hydrogen-bond acceptors (Lipinski definition) is 7. The van der Waals surface area contributed by atoms with E-state index in [-0.39, 0.29) is 17.6 Å². The van der Waals surface area contributed by atoms with Crippen molar-refractivity contribution in [3.63, 3.8) is 0 Å². The van der Waals surface area contributed by atoms with Crippen molar-refractivity contribution in [3.8, 4) is 23.2 Å². The van der Waals surface area contributed by atoms with E-state index < -0.39 is 5.54 Å². The highest BCUT2D eigenvalue weighted by Crippen LogP contribution is 2.24. The Kier molecular flexibility index (Phi) is 6.10. The monoisotopic (exact) mass is 374 g/mol. The Morgan fingerprint density at radius 3 is 2.62 bits per heavy atom. The van der Waals surface area contributed by atoms with E-state index in [0.29, 0.717) is 11.0 Å². The summed E-state index contributed by atoms with van der Waals surface area (Å²) in [6.45, 7) is 5.47. The van der Waals surface area contributed by atoms with Gasteiger partial charge in [-0.05, 0) is 37.1 Å². The summed E-state index contributed by atoms with van der Waals surface area (Å²) in [4.78, 5) is 12.2. The van der Waals surface area contributed by atoms with Crippen LogP contribution in [0.5, 0.6) is 5.75 Å². The summed E-state index contributed by atoms with van der Waals surface area (Å²) in [6, 6.07) is 9.41. The average molecular weight is 374 g/mol. The van der Waals surface area contributed by atoms with Gasteiger partial charge in [-0.3, -0.25) is 4.79 Å². The van der Waals surface area contributed by atoms with E-state index in [1.807, 2.05) is 26.0 Å². The van der Waals surface area contributed by atoms with E-state index >= 15 is 0 Å². The maximum atomic E-state index is 12.2. The Morgan fingerprint density at radius 1 is 1.42 bits per heavy atom. The van der Waals surface area contributed by atoms with Gasteiger partial charge in [-0.15, -0.1) is 10.2 Å². The molecule has 26 heavy (non-hydrogen) atoms. The largest absolute Gasteiger partial charge is 0.497 e. The van der Waals surface area contributed by atoms with Crippen LogP contribution < -0.4 is 15.9 Å². The lowest BCUT2D eigenvalue weighted by molar-refractivity contribution is -0.120. The van der Waals surface area contributed by atoms with Crippen LogP contribution in [0.3, 0.4) is 0 Å². The van der Waals surface area contributed by atoms with E-state index in [1.54, 1.807) is 26.2 Å². The van der Waals surface area contributed by atoms with Crippen LogP contribution in [0, 0.1) is 17.2 Å². The fraction of sp³-hybridized carbons (Fsp3) is 0.412. The van der Waals surface area contributed by atoms with Gasteiger partial charge in [0.25, 0.3) is 0 Å². The van der Waals surface area contributed by atoms with Crippen LogP contribution in [0.25, 0.3) is 11.4 Å². The average Bonchev–Trinajstić information content (AvgIpc) is 3.00. The molecule has 8 nitrogen and oxygen atoms in total. The van der Waals surface area contributed by atoms with Gasteiger partial charge in [0.05, 0.1) is 18.9 Å². The van der Waals surface area contributed by atoms with Crippen LogP contribution in [0.15, 0.2) is 29.4 Å². The molecule has 0 saturated carbocycles. The van der Waals surface area contributed by atoms with E-state index in [4.69, 9.17) is 10.6 Å². The number of nitriles is 1. The van der Waals surface area contributed by atoms with Crippen LogP contribution in [0.4, 0.5) is 0 Å². The third-order valence-electron chi connectivity index (χ3n) is 4.13. The van der Waals surface area contributed by atoms with Crippen molar-refractivity contribution in [1.82, 2.24) is 20.2 Å². The van der Waals surface area contributed by atoms with E-state index in [2.05, 4.69) is 21.6 Å². The van der Waals surface area contributed by atoms with Crippen LogP contribution in [-0.2, 0) is 4.79 Å². The summed E-state index contributed by atoms with van der Waals surface area (Å²) < 4.78 is 6.46. The molecular weight excluding hydrogens is 352 g/mol. The molecule has 2 rings (SSSR count). The molecule has 0 aliphatic heterocycles. The highest BCUT2D eigenvalue weighted by atomic mass is 32.2. The van der Waals surface area contributed by atoms with Gasteiger partial charge >= 0.3 is 0 Å². The molecular formula is C17H22N6O2S. The first kappa shape index (κ1) is 19.6. The molecule has 138 valence electrons. The van der Waals surface area contributed by atoms with E-state index in [0.717, 1.165) is 23.1 Å². The number of benzene rings is 1. The number of aromatic nitrogens is 3. The number of nitrogen functional groups attached to an aromatic ring is 1. The lowest BCUT2D eigenvalue weighted by atomic mass is 9.90. The van der Waals surface area contributed by atoms with Crippen molar-refractivity contribution >= 4 is 17.7 Å². The molecule has 1 atom stereocenters. The van der Waals surface area contributed by atoms with Crippen LogP contribution >= 0.6 is 11.8 Å². The molecule has 0 fully saturated rings. The number of nitrogens with one attached hydrogen (secondary N) is 1. The number of hydrogen-bond donors (Lipinski definition) is 2. The van der Waals surface area contributed by atoms with Crippen LogP contribution in [0.1, 0.15) is 20.8 Å². The normalized spacial score (nSPS) is 13.1. The SMILES string of the molecule is COc1ccc(-c2nnc(SCC(=O)NC(C)(C#N)C(C)C)n2N)cc1. The Balaban J connectivity index is 2.04. The number of thioether (sulfide) groups is 1. The first-order valence-corrected chi connectivity index (χ1v) is 8.99. The number of methoxy groups -OCH3 is 1. The van der Waals surface area contributed by atoms with E-state index in [9.17, 15) is 10.1 Å². The second-order valence-corrected chi connectivity index (χ2v) is 7.15. The highest BCUT2D eigenvalue weighted by Gasteiger charge is 2.30. The molecule has 1 amide bonds. The van der Waals surface area contributed by atoms with Crippen molar-refractivity contribution in [3.05, 3.63) is 24.3 Å². The van der Waals surface area contributed by atoms with Gasteiger partial charge in [-0.2, -0.15) is 5.26 Å². The maximum absolute atomic E-state index is 12.2. The Bertz CT molecular complexity index is 812. The lowest BCUT2D eigenvalue weighted by Gasteiger charge is -2.27. The second-order valence-electron chi connectivity index (χ2n) is 6.21. The van der Waals surface area contributed by atoms with Crippen molar-refractivity contribution < 1.29 is 9.53 Å². The predicted octanol–water partition coefficient (Wildman–Crippen LogP) is 1.81. The topological polar surface area (TPSA) is 119 Å². The summed E-state index contributed by atoms with van der Waals surface area (Å²) in [5.74, 6) is 7.08. The van der Waals surface area contributed by atoms with Gasteiger partial charge in [0, 0.05) is 5.56 Å². The molecule has 0 aliphatic rings. The zero-order chi connectivity index (χ0) is 19.3. The molecule has 1 aromatic heterocycles.